The zero-order chi connectivity index (χ0) is 14.9. The Kier molecular flexibility index (Phi) is 4.07. The van der Waals surface area contributed by atoms with Crippen LogP contribution in [0.1, 0.15) is 33.1 Å². The van der Waals surface area contributed by atoms with Gasteiger partial charge in [0.25, 0.3) is 0 Å². The summed E-state index contributed by atoms with van der Waals surface area (Å²) in [5, 5.41) is 0. The lowest BCUT2D eigenvalue weighted by molar-refractivity contribution is -0.153. The molecule has 2 aliphatic rings. The number of hydrogen-bond donors (Lipinski definition) is 0. The molecular weight excluding hydrogens is 252 g/mol. The Morgan fingerprint density at radius 3 is 2.35 bits per heavy atom. The molecule has 3 nitrogen and oxygen atoms in total. The molecule has 2 rings (SSSR count). The minimum atomic E-state index is -0.420. The van der Waals surface area contributed by atoms with E-state index >= 15 is 0 Å². The van der Waals surface area contributed by atoms with Gasteiger partial charge in [0.1, 0.15) is 0 Å². The second kappa shape index (κ2) is 5.61. The first-order valence-corrected chi connectivity index (χ1v) is 6.82. The molecular formula is C17H20O3. The van der Waals surface area contributed by atoms with Crippen LogP contribution >= 0.6 is 0 Å². The molecule has 1 saturated heterocycles. The number of hydrogen-bond acceptors (Lipinski definition) is 3. The van der Waals surface area contributed by atoms with Crippen molar-refractivity contribution in [2.45, 2.75) is 33.1 Å². The van der Waals surface area contributed by atoms with Gasteiger partial charge in [-0.05, 0) is 38.7 Å². The number of allylic oxidation sites excluding steroid dienone is 5. The lowest BCUT2D eigenvalue weighted by Gasteiger charge is -2.21. The lowest BCUT2D eigenvalue weighted by atomic mass is 9.80. The topological polar surface area (TPSA) is 43.4 Å². The van der Waals surface area contributed by atoms with E-state index in [1.165, 1.54) is 5.57 Å². The van der Waals surface area contributed by atoms with E-state index in [9.17, 15) is 9.59 Å². The molecule has 1 fully saturated rings. The quantitative estimate of drug-likeness (QED) is 0.447. The van der Waals surface area contributed by atoms with E-state index in [0.717, 1.165) is 29.6 Å². The van der Waals surface area contributed by atoms with Gasteiger partial charge in [0.05, 0.1) is 11.8 Å². The lowest BCUT2D eigenvalue weighted by Crippen LogP contribution is -2.20. The maximum Gasteiger partial charge on any atom is 0.321 e. The largest absolute Gasteiger partial charge is 0.392 e. The number of cyclic esters (lactones) is 2. The third-order valence-corrected chi connectivity index (χ3v) is 3.64. The fraction of sp³-hybridized carbons (Fsp3) is 0.412. The number of fused-ring (bicyclic) bond motifs is 1. The van der Waals surface area contributed by atoms with Crippen LogP contribution in [0.3, 0.4) is 0 Å². The minimum absolute atomic E-state index is 0.354. The summed E-state index contributed by atoms with van der Waals surface area (Å²) >= 11 is 0. The van der Waals surface area contributed by atoms with E-state index in [-0.39, 0.29) is 5.92 Å². The van der Waals surface area contributed by atoms with Crippen molar-refractivity contribution in [3.8, 4) is 0 Å². The van der Waals surface area contributed by atoms with Crippen LogP contribution in [0, 0.1) is 11.8 Å². The molecule has 0 saturated carbocycles. The van der Waals surface area contributed by atoms with Gasteiger partial charge in [-0.2, -0.15) is 0 Å². The highest BCUT2D eigenvalue weighted by atomic mass is 16.6. The van der Waals surface area contributed by atoms with E-state index in [0.29, 0.717) is 6.42 Å². The summed E-state index contributed by atoms with van der Waals surface area (Å²) in [6.45, 7) is 11.9. The van der Waals surface area contributed by atoms with Crippen LogP contribution in [-0.2, 0) is 14.3 Å². The number of esters is 2. The smallest absolute Gasteiger partial charge is 0.321 e. The molecule has 20 heavy (non-hydrogen) atoms. The molecule has 3 heteroatoms. The van der Waals surface area contributed by atoms with Crippen LogP contribution in [0.2, 0.25) is 0 Å². The first-order chi connectivity index (χ1) is 9.38. The molecule has 0 aromatic carbocycles. The molecule has 106 valence electrons. The van der Waals surface area contributed by atoms with E-state index in [1.807, 2.05) is 19.9 Å². The standard InChI is InChI=1S/C17H20O3/c1-10(2)7-13(8-11(3)4)12-5-6-14-15(9-12)17(19)20-16(14)18/h5-6,14-15H,1,3,7-9H2,2,4H3. The van der Waals surface area contributed by atoms with Gasteiger partial charge >= 0.3 is 11.9 Å². The van der Waals surface area contributed by atoms with Crippen molar-refractivity contribution in [2.75, 3.05) is 0 Å². The fourth-order valence-corrected chi connectivity index (χ4v) is 2.78. The molecule has 0 amide bonds. The molecule has 1 heterocycles. The van der Waals surface area contributed by atoms with Gasteiger partial charge in [-0.1, -0.05) is 42.0 Å². The Morgan fingerprint density at radius 2 is 1.80 bits per heavy atom. The summed E-state index contributed by atoms with van der Waals surface area (Å²) in [6.07, 6.45) is 5.93. The highest BCUT2D eigenvalue weighted by molar-refractivity contribution is 5.98. The number of carbonyl (C=O) groups is 2. The van der Waals surface area contributed by atoms with Gasteiger partial charge in [-0.3, -0.25) is 9.59 Å². The number of ether oxygens (including phenoxy) is 1. The summed E-state index contributed by atoms with van der Waals surface area (Å²) in [7, 11) is 0. The summed E-state index contributed by atoms with van der Waals surface area (Å²) in [4.78, 5) is 23.2. The number of carbonyl (C=O) groups excluding carboxylic acids is 2. The Labute approximate surface area is 119 Å². The fourth-order valence-electron chi connectivity index (χ4n) is 2.78. The summed E-state index contributed by atoms with van der Waals surface area (Å²) in [5.41, 5.74) is 4.50. The van der Waals surface area contributed by atoms with Gasteiger partial charge in [0.15, 0.2) is 0 Å². The Morgan fingerprint density at radius 1 is 1.20 bits per heavy atom. The molecule has 2 atom stereocenters. The van der Waals surface area contributed by atoms with Crippen LogP contribution < -0.4 is 0 Å². The van der Waals surface area contributed by atoms with Gasteiger partial charge in [0.2, 0.25) is 0 Å². The molecule has 0 aromatic heterocycles. The highest BCUT2D eigenvalue weighted by Crippen LogP contribution is 2.37. The van der Waals surface area contributed by atoms with E-state index < -0.39 is 17.9 Å². The molecule has 0 aromatic rings. The van der Waals surface area contributed by atoms with Crippen LogP contribution in [0.15, 0.2) is 47.6 Å². The molecule has 0 bridgehead atoms. The predicted octanol–water partition coefficient (Wildman–Crippen LogP) is 3.49. The maximum atomic E-state index is 11.7. The van der Waals surface area contributed by atoms with Crippen molar-refractivity contribution < 1.29 is 14.3 Å². The van der Waals surface area contributed by atoms with Crippen molar-refractivity contribution in [2.24, 2.45) is 11.8 Å². The zero-order valence-electron chi connectivity index (χ0n) is 12.1. The molecule has 2 unspecified atom stereocenters. The first kappa shape index (κ1) is 14.5. The van der Waals surface area contributed by atoms with E-state index in [2.05, 4.69) is 13.2 Å². The van der Waals surface area contributed by atoms with Crippen LogP contribution in [0.5, 0.6) is 0 Å². The summed E-state index contributed by atoms with van der Waals surface area (Å²) in [6, 6.07) is 0. The molecule has 0 radical (unpaired) electrons. The normalized spacial score (nSPS) is 24.4. The Bertz CT molecular complexity index is 531. The van der Waals surface area contributed by atoms with Gasteiger partial charge in [-0.15, -0.1) is 0 Å². The predicted molar refractivity (Wildman–Crippen MR) is 77.7 cm³/mol. The van der Waals surface area contributed by atoms with Crippen LogP contribution in [0.4, 0.5) is 0 Å². The molecule has 1 aliphatic carbocycles. The minimum Gasteiger partial charge on any atom is -0.392 e. The molecule has 0 spiro atoms. The number of rotatable bonds is 4. The second-order valence-corrected chi connectivity index (χ2v) is 5.83. The zero-order valence-corrected chi connectivity index (χ0v) is 12.1. The van der Waals surface area contributed by atoms with Crippen LogP contribution in [0.25, 0.3) is 0 Å². The van der Waals surface area contributed by atoms with Crippen molar-refractivity contribution in [1.29, 1.82) is 0 Å². The van der Waals surface area contributed by atoms with Crippen molar-refractivity contribution >= 4 is 11.9 Å². The SMILES string of the molecule is C=C(C)CC(CC(=C)C)=C1C=CC2C(=O)OC(=O)C2C1. The van der Waals surface area contributed by atoms with Crippen molar-refractivity contribution in [1.82, 2.24) is 0 Å². The van der Waals surface area contributed by atoms with Gasteiger partial charge in [0, 0.05) is 0 Å². The summed E-state index contributed by atoms with van der Waals surface area (Å²) in [5.74, 6) is -1.57. The van der Waals surface area contributed by atoms with Gasteiger partial charge in [-0.25, -0.2) is 0 Å². The summed E-state index contributed by atoms with van der Waals surface area (Å²) < 4.78 is 4.71. The second-order valence-electron chi connectivity index (χ2n) is 5.83. The third-order valence-electron chi connectivity index (χ3n) is 3.64. The van der Waals surface area contributed by atoms with Crippen LogP contribution in [-0.4, -0.2) is 11.9 Å². The monoisotopic (exact) mass is 272 g/mol. The third kappa shape index (κ3) is 2.98. The van der Waals surface area contributed by atoms with Crippen molar-refractivity contribution in [3.05, 3.63) is 47.6 Å². The average molecular weight is 272 g/mol. The molecule has 0 N–H and O–H groups in total. The van der Waals surface area contributed by atoms with E-state index in [4.69, 9.17) is 4.74 Å². The average Bonchev–Trinajstić information content (AvgIpc) is 2.63. The molecule has 1 aliphatic heterocycles. The maximum absolute atomic E-state index is 11.7. The van der Waals surface area contributed by atoms with Gasteiger partial charge < -0.3 is 4.74 Å². The highest BCUT2D eigenvalue weighted by Gasteiger charge is 2.44. The Balaban J connectivity index is 2.32. The van der Waals surface area contributed by atoms with Crippen molar-refractivity contribution in [3.63, 3.8) is 0 Å². The van der Waals surface area contributed by atoms with E-state index in [1.54, 1.807) is 6.08 Å². The first-order valence-electron chi connectivity index (χ1n) is 6.82. The Hall–Kier alpha value is -1.90.